The SMILES string of the molecule is CCn1c(=O)n(CC(O)COc2cc(Cl)ccc2Cl)c2ccccc21. The zero-order chi connectivity index (χ0) is 18.0. The van der Waals surface area contributed by atoms with Crippen LogP contribution in [0.5, 0.6) is 5.75 Å². The minimum absolute atomic E-state index is 0.00185. The standard InChI is InChI=1S/C18H18Cl2N2O3/c1-2-21-15-5-3-4-6-16(15)22(18(21)24)10-13(23)11-25-17-9-12(19)7-8-14(17)20/h3-9,13,23H,2,10-11H2,1H3. The van der Waals surface area contributed by atoms with E-state index in [9.17, 15) is 9.90 Å². The first kappa shape index (κ1) is 17.9. The Balaban J connectivity index is 1.78. The molecule has 0 bridgehead atoms. The molecule has 1 aromatic heterocycles. The van der Waals surface area contributed by atoms with E-state index in [4.69, 9.17) is 27.9 Å². The summed E-state index contributed by atoms with van der Waals surface area (Å²) in [6, 6.07) is 12.4. The van der Waals surface area contributed by atoms with Crippen LogP contribution in [0.4, 0.5) is 0 Å². The van der Waals surface area contributed by atoms with Crippen LogP contribution in [0.25, 0.3) is 11.0 Å². The van der Waals surface area contributed by atoms with E-state index in [-0.39, 0.29) is 18.8 Å². The molecular formula is C18H18Cl2N2O3. The van der Waals surface area contributed by atoms with Gasteiger partial charge < -0.3 is 9.84 Å². The van der Waals surface area contributed by atoms with Crippen molar-refractivity contribution in [1.82, 2.24) is 9.13 Å². The van der Waals surface area contributed by atoms with Gasteiger partial charge in [0.15, 0.2) is 0 Å². The van der Waals surface area contributed by atoms with Crippen molar-refractivity contribution in [3.63, 3.8) is 0 Å². The topological polar surface area (TPSA) is 56.4 Å². The molecule has 3 aromatic rings. The van der Waals surface area contributed by atoms with Gasteiger partial charge in [-0.3, -0.25) is 9.13 Å². The van der Waals surface area contributed by atoms with Crippen LogP contribution in [0.15, 0.2) is 47.3 Å². The Kier molecular flexibility index (Phi) is 5.37. The molecule has 0 saturated carbocycles. The van der Waals surface area contributed by atoms with Gasteiger partial charge in [0.05, 0.1) is 22.6 Å². The molecule has 1 heterocycles. The molecule has 5 nitrogen and oxygen atoms in total. The first-order chi connectivity index (χ1) is 12.0. The number of aromatic nitrogens is 2. The summed E-state index contributed by atoms with van der Waals surface area (Å²) in [6.07, 6.45) is -0.871. The van der Waals surface area contributed by atoms with Crippen molar-refractivity contribution >= 4 is 34.2 Å². The Morgan fingerprint density at radius 3 is 2.48 bits per heavy atom. The molecule has 2 aromatic carbocycles. The molecule has 7 heteroatoms. The van der Waals surface area contributed by atoms with Gasteiger partial charge in [-0.1, -0.05) is 35.3 Å². The number of nitrogens with zero attached hydrogens (tertiary/aromatic N) is 2. The average molecular weight is 381 g/mol. The first-order valence-electron chi connectivity index (χ1n) is 7.95. The van der Waals surface area contributed by atoms with Crippen LogP contribution in [-0.2, 0) is 13.1 Å². The first-order valence-corrected chi connectivity index (χ1v) is 8.70. The molecule has 0 fully saturated rings. The van der Waals surface area contributed by atoms with Crippen molar-refractivity contribution in [2.24, 2.45) is 0 Å². The average Bonchev–Trinajstić information content (AvgIpc) is 2.87. The highest BCUT2D eigenvalue weighted by Gasteiger charge is 2.16. The number of aliphatic hydroxyl groups excluding tert-OH is 1. The molecule has 0 aliphatic heterocycles. The van der Waals surface area contributed by atoms with Crippen molar-refractivity contribution in [2.45, 2.75) is 26.1 Å². The Bertz CT molecular complexity index is 949. The maximum atomic E-state index is 12.6. The number of fused-ring (bicyclic) bond motifs is 1. The normalized spacial score (nSPS) is 12.5. The van der Waals surface area contributed by atoms with E-state index in [1.807, 2.05) is 31.2 Å². The fraction of sp³-hybridized carbons (Fsp3) is 0.278. The number of aliphatic hydroxyl groups is 1. The second-order valence-electron chi connectivity index (χ2n) is 5.67. The molecular weight excluding hydrogens is 363 g/mol. The maximum Gasteiger partial charge on any atom is 0.329 e. The van der Waals surface area contributed by atoms with E-state index in [1.54, 1.807) is 27.3 Å². The van der Waals surface area contributed by atoms with Crippen molar-refractivity contribution in [1.29, 1.82) is 0 Å². The van der Waals surface area contributed by atoms with Crippen LogP contribution in [0, 0.1) is 0 Å². The summed E-state index contributed by atoms with van der Waals surface area (Å²) >= 11 is 12.0. The third-order valence-corrected chi connectivity index (χ3v) is 4.51. The summed E-state index contributed by atoms with van der Waals surface area (Å²) in [5.74, 6) is 0.400. The molecule has 0 radical (unpaired) electrons. The fourth-order valence-electron chi connectivity index (χ4n) is 2.79. The molecule has 132 valence electrons. The third-order valence-electron chi connectivity index (χ3n) is 3.96. The van der Waals surface area contributed by atoms with Gasteiger partial charge >= 0.3 is 5.69 Å². The molecule has 0 amide bonds. The van der Waals surface area contributed by atoms with Crippen LogP contribution in [0.1, 0.15) is 6.92 Å². The number of rotatable bonds is 6. The highest BCUT2D eigenvalue weighted by atomic mass is 35.5. The second kappa shape index (κ2) is 7.52. The van der Waals surface area contributed by atoms with Gasteiger partial charge in [0.2, 0.25) is 0 Å². The second-order valence-corrected chi connectivity index (χ2v) is 6.51. The van der Waals surface area contributed by atoms with E-state index in [0.717, 1.165) is 11.0 Å². The monoisotopic (exact) mass is 380 g/mol. The van der Waals surface area contributed by atoms with Crippen LogP contribution >= 0.6 is 23.2 Å². The predicted molar refractivity (Wildman–Crippen MR) is 99.8 cm³/mol. The number of para-hydroxylation sites is 2. The fourth-order valence-corrected chi connectivity index (χ4v) is 3.13. The number of benzene rings is 2. The number of halogens is 2. The lowest BCUT2D eigenvalue weighted by Crippen LogP contribution is -2.31. The smallest absolute Gasteiger partial charge is 0.329 e. The maximum absolute atomic E-state index is 12.6. The highest BCUT2D eigenvalue weighted by Crippen LogP contribution is 2.27. The minimum Gasteiger partial charge on any atom is -0.489 e. The Hall–Kier alpha value is -1.95. The lowest BCUT2D eigenvalue weighted by Gasteiger charge is -2.14. The summed E-state index contributed by atoms with van der Waals surface area (Å²) in [5, 5.41) is 11.2. The Morgan fingerprint density at radius 2 is 1.80 bits per heavy atom. The van der Waals surface area contributed by atoms with Crippen LogP contribution in [-0.4, -0.2) is 27.0 Å². The van der Waals surface area contributed by atoms with Gasteiger partial charge in [0.1, 0.15) is 18.5 Å². The van der Waals surface area contributed by atoms with Gasteiger partial charge in [0.25, 0.3) is 0 Å². The number of hydrogen-bond acceptors (Lipinski definition) is 3. The molecule has 1 N–H and O–H groups in total. The minimum atomic E-state index is -0.871. The lowest BCUT2D eigenvalue weighted by atomic mass is 10.3. The summed E-state index contributed by atoms with van der Waals surface area (Å²) in [6.45, 7) is 2.61. The number of ether oxygens (including phenoxy) is 1. The van der Waals surface area contributed by atoms with E-state index in [0.29, 0.717) is 22.3 Å². The van der Waals surface area contributed by atoms with Crippen molar-refractivity contribution < 1.29 is 9.84 Å². The van der Waals surface area contributed by atoms with Crippen molar-refractivity contribution in [3.05, 3.63) is 63.0 Å². The Morgan fingerprint density at radius 1 is 1.12 bits per heavy atom. The van der Waals surface area contributed by atoms with Crippen LogP contribution in [0.3, 0.4) is 0 Å². The molecule has 0 saturated heterocycles. The number of aryl methyl sites for hydroxylation is 1. The number of hydrogen-bond donors (Lipinski definition) is 1. The van der Waals surface area contributed by atoms with Gasteiger partial charge in [-0.2, -0.15) is 0 Å². The molecule has 1 atom stereocenters. The quantitative estimate of drug-likeness (QED) is 0.710. The molecule has 3 rings (SSSR count). The van der Waals surface area contributed by atoms with Gasteiger partial charge in [-0.25, -0.2) is 4.79 Å². The van der Waals surface area contributed by atoms with Crippen molar-refractivity contribution in [3.8, 4) is 5.75 Å². The summed E-state index contributed by atoms with van der Waals surface area (Å²) < 4.78 is 8.79. The molecule has 25 heavy (non-hydrogen) atoms. The van der Waals surface area contributed by atoms with E-state index < -0.39 is 6.10 Å². The molecule has 1 unspecified atom stereocenters. The van der Waals surface area contributed by atoms with E-state index in [2.05, 4.69) is 0 Å². The molecule has 0 spiro atoms. The van der Waals surface area contributed by atoms with E-state index in [1.165, 1.54) is 0 Å². The molecule has 0 aliphatic rings. The highest BCUT2D eigenvalue weighted by molar-refractivity contribution is 6.34. The third kappa shape index (κ3) is 3.68. The largest absolute Gasteiger partial charge is 0.489 e. The summed E-state index contributed by atoms with van der Waals surface area (Å²) in [4.78, 5) is 12.6. The summed E-state index contributed by atoms with van der Waals surface area (Å²) in [7, 11) is 0. The van der Waals surface area contributed by atoms with E-state index >= 15 is 0 Å². The zero-order valence-electron chi connectivity index (χ0n) is 13.7. The van der Waals surface area contributed by atoms with Gasteiger partial charge in [-0.05, 0) is 31.2 Å². The Labute approximate surface area is 155 Å². The van der Waals surface area contributed by atoms with Crippen LogP contribution < -0.4 is 10.4 Å². The molecule has 0 aliphatic carbocycles. The zero-order valence-corrected chi connectivity index (χ0v) is 15.2. The van der Waals surface area contributed by atoms with Gasteiger partial charge in [0, 0.05) is 17.6 Å². The lowest BCUT2D eigenvalue weighted by molar-refractivity contribution is 0.0925. The van der Waals surface area contributed by atoms with Crippen molar-refractivity contribution in [2.75, 3.05) is 6.61 Å². The summed E-state index contributed by atoms with van der Waals surface area (Å²) in [5.41, 5.74) is 1.48. The number of imidazole rings is 1. The predicted octanol–water partition coefficient (Wildman–Crippen LogP) is 3.57. The van der Waals surface area contributed by atoms with Gasteiger partial charge in [-0.15, -0.1) is 0 Å². The van der Waals surface area contributed by atoms with Crippen LogP contribution in [0.2, 0.25) is 10.0 Å².